The Kier molecular flexibility index (Phi) is 7.21. The van der Waals surface area contributed by atoms with Gasteiger partial charge in [0.2, 0.25) is 0 Å². The van der Waals surface area contributed by atoms with Crippen LogP contribution >= 0.6 is 0 Å². The molecule has 0 amide bonds. The van der Waals surface area contributed by atoms with Crippen molar-refractivity contribution in [1.82, 2.24) is 0 Å². The molecule has 4 aliphatic carbocycles. The number of fused-ring (bicyclic) bond motifs is 14. The highest BCUT2D eigenvalue weighted by molar-refractivity contribution is 5.97. The second-order valence-corrected chi connectivity index (χ2v) is 16.7. The van der Waals surface area contributed by atoms with E-state index in [0.717, 1.165) is 6.42 Å². The van der Waals surface area contributed by atoms with E-state index in [2.05, 4.69) is 193 Å². The van der Waals surface area contributed by atoms with Gasteiger partial charge in [0, 0.05) is 22.4 Å². The fraction of sp³-hybridized carbons (Fsp3) is 0.143. The van der Waals surface area contributed by atoms with Crippen LogP contribution in [-0.2, 0) is 17.3 Å². The molecule has 1 nitrogen and oxygen atoms in total. The van der Waals surface area contributed by atoms with Gasteiger partial charge in [0.1, 0.15) is 0 Å². The molecule has 0 radical (unpaired) electrons. The zero-order chi connectivity index (χ0) is 37.6. The molecule has 0 heterocycles. The topological polar surface area (TPSA) is 3.24 Å². The summed E-state index contributed by atoms with van der Waals surface area (Å²) in [5.74, 6) is 0. The fourth-order valence-electron chi connectivity index (χ4n) is 11.6. The van der Waals surface area contributed by atoms with E-state index < -0.39 is 5.41 Å². The molecular weight excluding hydrogens is 687 g/mol. The second-order valence-electron chi connectivity index (χ2n) is 16.7. The number of rotatable bonds is 4. The molecule has 2 spiro atoms. The summed E-state index contributed by atoms with van der Waals surface area (Å²) in [4.78, 5) is 2.57. The molecule has 1 fully saturated rings. The minimum atomic E-state index is -0.411. The van der Waals surface area contributed by atoms with Gasteiger partial charge in [-0.05, 0) is 122 Å². The molecule has 0 saturated heterocycles. The van der Waals surface area contributed by atoms with Gasteiger partial charge in [-0.3, -0.25) is 0 Å². The molecule has 12 rings (SSSR count). The highest BCUT2D eigenvalue weighted by Crippen LogP contribution is 2.63. The molecule has 0 bridgehead atoms. The lowest BCUT2D eigenvalue weighted by Crippen LogP contribution is -2.35. The number of nitrogens with zero attached hydrogens (tertiary/aromatic N) is 1. The van der Waals surface area contributed by atoms with Gasteiger partial charge < -0.3 is 4.90 Å². The first kappa shape index (κ1) is 32.8. The summed E-state index contributed by atoms with van der Waals surface area (Å²) in [5, 5.41) is 0. The normalized spacial score (nSPS) is 15.9. The average molecular weight is 730 g/mol. The molecule has 8 aromatic rings. The summed E-state index contributed by atoms with van der Waals surface area (Å²) < 4.78 is 0. The van der Waals surface area contributed by atoms with Crippen LogP contribution in [-0.4, -0.2) is 0 Å². The van der Waals surface area contributed by atoms with Crippen LogP contribution < -0.4 is 4.90 Å². The Morgan fingerprint density at radius 1 is 0.351 bits per heavy atom. The third-order valence-corrected chi connectivity index (χ3v) is 13.9. The van der Waals surface area contributed by atoms with E-state index in [9.17, 15) is 0 Å². The first-order valence-electron chi connectivity index (χ1n) is 20.9. The van der Waals surface area contributed by atoms with Crippen LogP contribution in [0.2, 0.25) is 0 Å². The molecule has 272 valence electrons. The predicted octanol–water partition coefficient (Wildman–Crippen LogP) is 14.6. The van der Waals surface area contributed by atoms with E-state index in [0.29, 0.717) is 0 Å². The minimum Gasteiger partial charge on any atom is -0.310 e. The van der Waals surface area contributed by atoms with Crippen LogP contribution in [0, 0.1) is 0 Å². The van der Waals surface area contributed by atoms with Crippen LogP contribution in [0.15, 0.2) is 188 Å². The van der Waals surface area contributed by atoms with Crippen molar-refractivity contribution in [3.8, 4) is 44.5 Å². The maximum absolute atomic E-state index is 2.59. The van der Waals surface area contributed by atoms with Crippen molar-refractivity contribution in [2.45, 2.75) is 49.4 Å². The molecular formula is C56H43N. The Morgan fingerprint density at radius 3 is 1.46 bits per heavy atom. The molecule has 57 heavy (non-hydrogen) atoms. The Morgan fingerprint density at radius 2 is 0.825 bits per heavy atom. The van der Waals surface area contributed by atoms with Crippen molar-refractivity contribution >= 4 is 17.1 Å². The first-order chi connectivity index (χ1) is 28.2. The lowest BCUT2D eigenvalue weighted by atomic mass is 9.61. The highest BCUT2D eigenvalue weighted by Gasteiger charge is 2.51. The average Bonchev–Trinajstić information content (AvgIpc) is 3.75. The molecule has 0 aromatic heterocycles. The van der Waals surface area contributed by atoms with Gasteiger partial charge in [0.05, 0.1) is 11.1 Å². The second kappa shape index (κ2) is 12.5. The molecule has 0 aliphatic heterocycles. The molecule has 1 saturated carbocycles. The third kappa shape index (κ3) is 4.63. The lowest BCUT2D eigenvalue weighted by molar-refractivity contribution is 0.288. The lowest BCUT2D eigenvalue weighted by Gasteiger charge is -2.43. The quantitative estimate of drug-likeness (QED) is 0.174. The molecule has 1 heteroatoms. The first-order valence-corrected chi connectivity index (χ1v) is 20.9. The number of para-hydroxylation sites is 1. The van der Waals surface area contributed by atoms with Crippen LogP contribution in [0.1, 0.15) is 65.5 Å². The summed E-state index contributed by atoms with van der Waals surface area (Å²) in [5.41, 5.74) is 22.4. The largest absolute Gasteiger partial charge is 0.310 e. The fourth-order valence-corrected chi connectivity index (χ4v) is 11.6. The van der Waals surface area contributed by atoms with Gasteiger partial charge in [0.25, 0.3) is 0 Å². The summed E-state index contributed by atoms with van der Waals surface area (Å²) in [6, 6.07) is 71.3. The van der Waals surface area contributed by atoms with Crippen LogP contribution in [0.3, 0.4) is 0 Å². The number of anilines is 3. The van der Waals surface area contributed by atoms with E-state index in [4.69, 9.17) is 0 Å². The molecule has 0 atom stereocenters. The van der Waals surface area contributed by atoms with Crippen molar-refractivity contribution in [2.24, 2.45) is 0 Å². The van der Waals surface area contributed by atoms with E-state index in [1.165, 1.54) is 127 Å². The zero-order valence-corrected chi connectivity index (χ0v) is 32.1. The van der Waals surface area contributed by atoms with Gasteiger partial charge in [-0.1, -0.05) is 177 Å². The van der Waals surface area contributed by atoms with E-state index in [1.54, 1.807) is 0 Å². The number of hydrogen-bond acceptors (Lipinski definition) is 1. The Hall–Kier alpha value is -6.44. The van der Waals surface area contributed by atoms with Crippen LogP contribution in [0.4, 0.5) is 17.1 Å². The minimum absolute atomic E-state index is 0.156. The maximum atomic E-state index is 2.59. The highest BCUT2D eigenvalue weighted by atomic mass is 15.1. The van der Waals surface area contributed by atoms with Crippen molar-refractivity contribution in [1.29, 1.82) is 0 Å². The number of hydrogen-bond donors (Lipinski definition) is 0. The van der Waals surface area contributed by atoms with Crippen molar-refractivity contribution < 1.29 is 0 Å². The van der Waals surface area contributed by atoms with E-state index in [-0.39, 0.29) is 5.41 Å². The van der Waals surface area contributed by atoms with Gasteiger partial charge in [-0.25, -0.2) is 0 Å². The molecule has 4 aliphatic rings. The van der Waals surface area contributed by atoms with Crippen LogP contribution in [0.5, 0.6) is 0 Å². The van der Waals surface area contributed by atoms with Gasteiger partial charge in [-0.2, -0.15) is 0 Å². The summed E-state index contributed by atoms with van der Waals surface area (Å²) >= 11 is 0. The molecule has 0 unspecified atom stereocenters. The van der Waals surface area contributed by atoms with E-state index in [1.807, 2.05) is 0 Å². The molecule has 0 N–H and O–H groups in total. The summed E-state index contributed by atoms with van der Waals surface area (Å²) in [6.45, 7) is 0. The van der Waals surface area contributed by atoms with Crippen molar-refractivity contribution in [3.05, 3.63) is 221 Å². The Bertz CT molecular complexity index is 2810. The van der Waals surface area contributed by atoms with Gasteiger partial charge in [0.15, 0.2) is 0 Å². The van der Waals surface area contributed by atoms with E-state index >= 15 is 0 Å². The summed E-state index contributed by atoms with van der Waals surface area (Å²) in [6.07, 6.45) is 7.54. The van der Waals surface area contributed by atoms with Crippen molar-refractivity contribution in [3.63, 3.8) is 0 Å². The third-order valence-electron chi connectivity index (χ3n) is 13.9. The van der Waals surface area contributed by atoms with Gasteiger partial charge >= 0.3 is 0 Å². The van der Waals surface area contributed by atoms with Gasteiger partial charge in [-0.15, -0.1) is 0 Å². The predicted molar refractivity (Wildman–Crippen MR) is 237 cm³/mol. The van der Waals surface area contributed by atoms with Crippen LogP contribution in [0.25, 0.3) is 44.5 Å². The number of benzene rings is 8. The standard InChI is InChI=1S/C56H43N/c1-3-17-38(18-4-1)43-21-10-14-28-54(43)57(40-29-31-47-42-20-6-5-19-39(42)37-55(52(47)35-40)33-15-2-16-34-55)41-30-32-48-46-24-9-13-27-51(46)56(53(48)36-41)49-25-11-7-22-44(49)45-23-8-12-26-50(45)56/h1,3-14,17-32,35-36H,2,15-16,33-34,37H2. The Balaban J connectivity index is 1.14. The zero-order valence-electron chi connectivity index (χ0n) is 32.1. The smallest absolute Gasteiger partial charge is 0.0726 e. The SMILES string of the molecule is c1ccc(-c2ccccc2N(c2ccc3c(c2)C2(CCCCC2)Cc2ccccc2-3)c2ccc3c(c2)C2(c4ccccc4-c4ccccc42)c2ccccc2-3)cc1. The summed E-state index contributed by atoms with van der Waals surface area (Å²) in [7, 11) is 0. The molecule has 8 aromatic carbocycles. The Labute approximate surface area is 335 Å². The monoisotopic (exact) mass is 729 g/mol. The van der Waals surface area contributed by atoms with Crippen molar-refractivity contribution in [2.75, 3.05) is 4.90 Å². The maximum Gasteiger partial charge on any atom is 0.0726 e.